The van der Waals surface area contributed by atoms with Crippen LogP contribution < -0.4 is 5.32 Å². The van der Waals surface area contributed by atoms with Gasteiger partial charge < -0.3 is 5.32 Å². The molecule has 0 radical (unpaired) electrons. The third-order valence-electron chi connectivity index (χ3n) is 3.07. The maximum atomic E-state index is 12.2. The Bertz CT molecular complexity index is 607. The summed E-state index contributed by atoms with van der Waals surface area (Å²) in [6, 6.07) is 13.8. The molecule has 0 spiro atoms. The van der Waals surface area contributed by atoms with Crippen molar-refractivity contribution in [2.45, 2.75) is 20.4 Å². The third kappa shape index (κ3) is 3.44. The van der Waals surface area contributed by atoms with Crippen LogP contribution in [0.2, 0.25) is 0 Å². The second-order valence-corrected chi connectivity index (χ2v) is 5.45. The Morgan fingerprint density at radius 2 is 1.89 bits per heavy atom. The van der Waals surface area contributed by atoms with Crippen LogP contribution in [0, 0.1) is 13.8 Å². The number of rotatable bonds is 3. The topological polar surface area (TPSA) is 29.1 Å². The number of benzene rings is 2. The summed E-state index contributed by atoms with van der Waals surface area (Å²) in [5.41, 5.74) is 4.07. The molecule has 0 unspecified atom stereocenters. The maximum Gasteiger partial charge on any atom is 0.252 e. The molecule has 0 aliphatic heterocycles. The van der Waals surface area contributed by atoms with Crippen molar-refractivity contribution in [3.05, 3.63) is 69.2 Å². The van der Waals surface area contributed by atoms with E-state index in [4.69, 9.17) is 0 Å². The van der Waals surface area contributed by atoms with Crippen LogP contribution in [0.3, 0.4) is 0 Å². The van der Waals surface area contributed by atoms with Gasteiger partial charge in [0.15, 0.2) is 0 Å². The summed E-state index contributed by atoms with van der Waals surface area (Å²) in [4.78, 5) is 12.2. The van der Waals surface area contributed by atoms with Crippen LogP contribution in [-0.2, 0) is 6.54 Å². The number of aryl methyl sites for hydroxylation is 2. The molecule has 0 saturated carbocycles. The van der Waals surface area contributed by atoms with E-state index < -0.39 is 0 Å². The molecule has 3 heteroatoms. The molecule has 0 atom stereocenters. The van der Waals surface area contributed by atoms with E-state index in [0.717, 1.165) is 15.6 Å². The van der Waals surface area contributed by atoms with Crippen LogP contribution in [0.5, 0.6) is 0 Å². The summed E-state index contributed by atoms with van der Waals surface area (Å²) in [5, 5.41) is 2.96. The minimum Gasteiger partial charge on any atom is -0.348 e. The van der Waals surface area contributed by atoms with Crippen LogP contribution in [0.4, 0.5) is 0 Å². The molecule has 98 valence electrons. The molecule has 0 bridgehead atoms. The van der Waals surface area contributed by atoms with Gasteiger partial charge in [-0.3, -0.25) is 4.79 Å². The van der Waals surface area contributed by atoms with Crippen LogP contribution in [0.25, 0.3) is 0 Å². The fourth-order valence-electron chi connectivity index (χ4n) is 1.89. The minimum atomic E-state index is -0.0566. The lowest BCUT2D eigenvalue weighted by molar-refractivity contribution is 0.0950. The molecule has 0 aliphatic carbocycles. The highest BCUT2D eigenvalue weighted by Gasteiger charge is 2.10. The molecule has 0 aromatic heterocycles. The van der Waals surface area contributed by atoms with Crippen molar-refractivity contribution >= 4 is 21.8 Å². The van der Waals surface area contributed by atoms with Crippen molar-refractivity contribution in [3.8, 4) is 0 Å². The zero-order valence-electron chi connectivity index (χ0n) is 11.0. The summed E-state index contributed by atoms with van der Waals surface area (Å²) in [7, 11) is 0. The number of hydrogen-bond donors (Lipinski definition) is 1. The summed E-state index contributed by atoms with van der Waals surface area (Å²) < 4.78 is 0.820. The van der Waals surface area contributed by atoms with E-state index in [1.54, 1.807) is 0 Å². The number of hydrogen-bond acceptors (Lipinski definition) is 1. The first kappa shape index (κ1) is 13.8. The largest absolute Gasteiger partial charge is 0.348 e. The first-order chi connectivity index (χ1) is 9.08. The molecular formula is C16H16BrNO. The predicted molar refractivity (Wildman–Crippen MR) is 81.2 cm³/mol. The number of carbonyl (C=O) groups is 1. The van der Waals surface area contributed by atoms with Crippen molar-refractivity contribution < 1.29 is 4.79 Å². The average Bonchev–Trinajstić information content (AvgIpc) is 2.40. The molecule has 1 amide bonds. The highest BCUT2D eigenvalue weighted by molar-refractivity contribution is 9.10. The van der Waals surface area contributed by atoms with E-state index in [0.29, 0.717) is 12.1 Å². The lowest BCUT2D eigenvalue weighted by Gasteiger charge is -2.09. The van der Waals surface area contributed by atoms with E-state index >= 15 is 0 Å². The van der Waals surface area contributed by atoms with Gasteiger partial charge in [-0.05, 0) is 53.0 Å². The van der Waals surface area contributed by atoms with Crippen molar-refractivity contribution in [2.75, 3.05) is 0 Å². The summed E-state index contributed by atoms with van der Waals surface area (Å²) in [6.45, 7) is 4.57. The first-order valence-electron chi connectivity index (χ1n) is 6.17. The molecule has 2 rings (SSSR count). The molecular weight excluding hydrogens is 302 g/mol. The van der Waals surface area contributed by atoms with Gasteiger partial charge in [0.25, 0.3) is 5.91 Å². The first-order valence-corrected chi connectivity index (χ1v) is 6.96. The van der Waals surface area contributed by atoms with Crippen LogP contribution in [0.15, 0.2) is 46.9 Å². The highest BCUT2D eigenvalue weighted by atomic mass is 79.9. The Kier molecular flexibility index (Phi) is 4.38. The number of carbonyl (C=O) groups excluding carboxylic acids is 1. The fraction of sp³-hybridized carbons (Fsp3) is 0.188. The molecule has 0 saturated heterocycles. The van der Waals surface area contributed by atoms with E-state index in [2.05, 4.69) is 21.2 Å². The number of nitrogens with one attached hydrogen (secondary N) is 1. The van der Waals surface area contributed by atoms with Crippen LogP contribution >= 0.6 is 15.9 Å². The lowest BCUT2D eigenvalue weighted by atomic mass is 10.1. The summed E-state index contributed by atoms with van der Waals surface area (Å²) >= 11 is 3.41. The van der Waals surface area contributed by atoms with E-state index in [1.165, 1.54) is 5.56 Å². The van der Waals surface area contributed by atoms with Gasteiger partial charge >= 0.3 is 0 Å². The summed E-state index contributed by atoms with van der Waals surface area (Å²) in [5.74, 6) is -0.0566. The van der Waals surface area contributed by atoms with Gasteiger partial charge in [0.2, 0.25) is 0 Å². The molecule has 2 nitrogen and oxygen atoms in total. The molecule has 19 heavy (non-hydrogen) atoms. The third-order valence-corrected chi connectivity index (χ3v) is 3.76. The monoisotopic (exact) mass is 317 g/mol. The average molecular weight is 318 g/mol. The van der Waals surface area contributed by atoms with E-state index in [1.807, 2.05) is 56.3 Å². The lowest BCUT2D eigenvalue weighted by Crippen LogP contribution is -2.23. The molecule has 0 fully saturated rings. The second kappa shape index (κ2) is 6.02. The van der Waals surface area contributed by atoms with Crippen molar-refractivity contribution in [2.24, 2.45) is 0 Å². The van der Waals surface area contributed by atoms with Crippen molar-refractivity contribution in [1.82, 2.24) is 5.32 Å². The van der Waals surface area contributed by atoms with Gasteiger partial charge in [0.05, 0.1) is 5.56 Å². The Labute approximate surface area is 122 Å². The smallest absolute Gasteiger partial charge is 0.252 e. The zero-order chi connectivity index (χ0) is 13.8. The van der Waals surface area contributed by atoms with Gasteiger partial charge in [-0.25, -0.2) is 0 Å². The number of amides is 1. The minimum absolute atomic E-state index is 0.0566. The van der Waals surface area contributed by atoms with E-state index in [9.17, 15) is 4.79 Å². The van der Waals surface area contributed by atoms with Gasteiger partial charge in [0.1, 0.15) is 0 Å². The summed E-state index contributed by atoms with van der Waals surface area (Å²) in [6.07, 6.45) is 0. The molecule has 0 aliphatic rings. The van der Waals surface area contributed by atoms with Crippen LogP contribution in [0.1, 0.15) is 27.0 Å². The quantitative estimate of drug-likeness (QED) is 0.911. The Morgan fingerprint density at radius 1 is 1.16 bits per heavy atom. The molecule has 0 heterocycles. The predicted octanol–water partition coefficient (Wildman–Crippen LogP) is 4.00. The van der Waals surface area contributed by atoms with Gasteiger partial charge in [0, 0.05) is 11.0 Å². The van der Waals surface area contributed by atoms with Crippen LogP contribution in [-0.4, -0.2) is 5.91 Å². The standard InChI is InChI=1S/C16H16BrNO/c1-11-7-8-15(17)14(9-11)16(19)18-10-13-6-4-3-5-12(13)2/h3-9H,10H2,1-2H3,(H,18,19). The van der Waals surface area contributed by atoms with Crippen molar-refractivity contribution in [1.29, 1.82) is 0 Å². The zero-order valence-corrected chi connectivity index (χ0v) is 12.6. The van der Waals surface area contributed by atoms with Crippen molar-refractivity contribution in [3.63, 3.8) is 0 Å². The molecule has 2 aromatic carbocycles. The van der Waals surface area contributed by atoms with E-state index in [-0.39, 0.29) is 5.91 Å². The maximum absolute atomic E-state index is 12.2. The van der Waals surface area contributed by atoms with Gasteiger partial charge in [-0.2, -0.15) is 0 Å². The Balaban J connectivity index is 2.10. The Hall–Kier alpha value is -1.61. The highest BCUT2D eigenvalue weighted by Crippen LogP contribution is 2.18. The fourth-order valence-corrected chi connectivity index (χ4v) is 2.32. The van der Waals surface area contributed by atoms with Gasteiger partial charge in [-0.1, -0.05) is 35.9 Å². The Morgan fingerprint density at radius 3 is 2.63 bits per heavy atom. The molecule has 2 aromatic rings. The SMILES string of the molecule is Cc1ccc(Br)c(C(=O)NCc2ccccc2C)c1. The second-order valence-electron chi connectivity index (χ2n) is 4.59. The number of halogens is 1. The molecule has 1 N–H and O–H groups in total. The van der Waals surface area contributed by atoms with Gasteiger partial charge in [-0.15, -0.1) is 0 Å². The normalized spacial score (nSPS) is 10.3.